The molecule has 0 radical (unpaired) electrons. The van der Waals surface area contributed by atoms with Crippen molar-refractivity contribution in [2.75, 3.05) is 56.8 Å². The van der Waals surface area contributed by atoms with Gasteiger partial charge in [0, 0.05) is 97.8 Å². The number of aryl methyl sites for hydroxylation is 4. The molecule has 0 aromatic carbocycles. The Morgan fingerprint density at radius 2 is 1.02 bits per heavy atom. The summed E-state index contributed by atoms with van der Waals surface area (Å²) in [6.45, 7) is 66.1. The molecule has 5 aliphatic heterocycles. The van der Waals surface area contributed by atoms with E-state index in [-0.39, 0.29) is 0 Å². The SMILES string of the molecule is CC.CC.CC.CC.CC.CC.CC.CC.CC.CC.CC1=NCCO1.CC1=NCCS1.CC1=NOCC1.CC1CCCCC1.CC1CCOCC1.CC1CCS(=O)CC1.Cc1ccccn1.Cc1cccnc1.Cc1ccncc1.Cc1cocn1. The smallest absolute Gasteiger partial charge is 0.180 e. The lowest BCUT2D eigenvalue weighted by Crippen LogP contribution is -2.15. The summed E-state index contributed by atoms with van der Waals surface area (Å²) in [7, 11) is -0.461. The molecule has 4 aromatic rings. The molecule has 6 aliphatic rings. The third-order valence-electron chi connectivity index (χ3n) is 10.4. The van der Waals surface area contributed by atoms with Crippen LogP contribution in [0, 0.1) is 45.4 Å². The lowest BCUT2D eigenvalue weighted by atomic mass is 9.91. The molecule has 87 heavy (non-hydrogen) atoms. The largest absolute Gasteiger partial charge is 0.479 e. The van der Waals surface area contributed by atoms with Crippen molar-refractivity contribution in [3.05, 3.63) is 109 Å². The summed E-state index contributed by atoms with van der Waals surface area (Å²) in [6.07, 6.45) is 25.3. The van der Waals surface area contributed by atoms with E-state index in [0.717, 1.165) is 98.2 Å². The molecule has 1 saturated carbocycles. The quantitative estimate of drug-likeness (QED) is 0.167. The van der Waals surface area contributed by atoms with Gasteiger partial charge in [0.1, 0.15) is 19.5 Å². The Hall–Kier alpha value is -4.27. The van der Waals surface area contributed by atoms with Gasteiger partial charge in [0.2, 0.25) is 0 Å². The first-order valence-corrected chi connectivity index (χ1v) is 36.6. The number of hydrogen-bond donors (Lipinski definition) is 0. The van der Waals surface area contributed by atoms with Crippen LogP contribution in [-0.2, 0) is 25.1 Å². The molecule has 4 aromatic heterocycles. The first-order chi connectivity index (χ1) is 42.3. The molecule has 10 rings (SSSR count). The molecular formula is C73H145N7O5S2. The molecule has 514 valence electrons. The Bertz CT molecular complexity index is 1660. The van der Waals surface area contributed by atoms with Crippen LogP contribution in [0.2, 0.25) is 0 Å². The van der Waals surface area contributed by atoms with Crippen LogP contribution in [0.25, 0.3) is 0 Å². The number of aromatic nitrogens is 4. The highest BCUT2D eigenvalue weighted by molar-refractivity contribution is 8.14. The third kappa shape index (κ3) is 95.6. The number of aliphatic imine (C=N–C) groups is 2. The van der Waals surface area contributed by atoms with Gasteiger partial charge in [-0.05, 0) is 126 Å². The summed E-state index contributed by atoms with van der Waals surface area (Å²) in [4.78, 5) is 28.1. The number of pyridine rings is 3. The lowest BCUT2D eigenvalue weighted by molar-refractivity contribution is 0.0716. The van der Waals surface area contributed by atoms with Gasteiger partial charge in [0.15, 0.2) is 12.3 Å². The second kappa shape index (κ2) is 98.0. The van der Waals surface area contributed by atoms with Gasteiger partial charge in [-0.15, -0.1) is 11.8 Å². The van der Waals surface area contributed by atoms with E-state index in [0.29, 0.717) is 0 Å². The first kappa shape index (κ1) is 104. The predicted molar refractivity (Wildman–Crippen MR) is 397 cm³/mol. The second-order valence-corrected chi connectivity index (χ2v) is 20.1. The molecule has 9 heterocycles. The van der Waals surface area contributed by atoms with Gasteiger partial charge in [-0.25, -0.2) is 4.98 Å². The maximum atomic E-state index is 10.7. The number of oxazole rings is 1. The van der Waals surface area contributed by atoms with Gasteiger partial charge < -0.3 is 18.7 Å². The second-order valence-electron chi connectivity index (χ2n) is 17.1. The van der Waals surface area contributed by atoms with Crippen LogP contribution < -0.4 is 0 Å². The molecule has 0 unspecified atom stereocenters. The maximum absolute atomic E-state index is 10.7. The number of nitrogens with zero attached hydrogens (tertiary/aromatic N) is 7. The van der Waals surface area contributed by atoms with Gasteiger partial charge in [-0.2, -0.15) is 0 Å². The molecule has 0 atom stereocenters. The molecule has 12 nitrogen and oxygen atoms in total. The van der Waals surface area contributed by atoms with E-state index in [2.05, 4.69) is 72.0 Å². The number of hydrogen-bond acceptors (Lipinski definition) is 13. The molecule has 14 heteroatoms. The standard InChI is InChI=1S/C7H14.3C6H7N.C6H12OS.C6H12O.C4H5NO.2C4H7NO.C4H7NS.10C2H6/c1-7-5-3-2-4-6-7;1-6-2-4-7-5-3-6;1-6-3-2-4-7-5-6;1-6-4-2-3-5-7-6;1-6-2-4-8(7)5-3-6;1-6-2-4-7-5-3-6;1-4-2-6-3-5-4;1-4-5-2-3-6-4;1-4-2-3-6-5-4;1-4-5-2-3-6-4;10*1-2/h7H,2-6H2,1H3;3*2-5H,1H3;6H,2-5H2,1H3;6H,2-5H2,1H3;2-3H,1H3;3*2-3H2,1H3;10*1-2H3. The minimum absolute atomic E-state index is 0.461. The van der Waals surface area contributed by atoms with Crippen LogP contribution in [-0.4, -0.2) is 97.6 Å². The highest BCUT2D eigenvalue weighted by atomic mass is 32.2. The minimum Gasteiger partial charge on any atom is -0.479 e. The topological polar surface area (TPSA) is 147 Å². The van der Waals surface area contributed by atoms with Crippen molar-refractivity contribution in [3.8, 4) is 0 Å². The number of ether oxygens (including phenoxy) is 2. The van der Waals surface area contributed by atoms with Gasteiger partial charge >= 0.3 is 0 Å². The number of rotatable bonds is 0. The van der Waals surface area contributed by atoms with E-state index in [1.165, 1.54) is 86.1 Å². The van der Waals surface area contributed by atoms with E-state index in [9.17, 15) is 4.21 Å². The van der Waals surface area contributed by atoms with Crippen LogP contribution >= 0.6 is 11.8 Å². The summed E-state index contributed by atoms with van der Waals surface area (Å²) in [5.41, 5.74) is 5.57. The normalized spacial score (nSPS) is 15.3. The van der Waals surface area contributed by atoms with Crippen molar-refractivity contribution >= 4 is 39.2 Å². The van der Waals surface area contributed by atoms with Gasteiger partial charge in [0.25, 0.3) is 0 Å². The fraction of sp³-hybridized carbons (Fsp3) is 0.712. The van der Waals surface area contributed by atoms with Crippen LogP contribution in [0.15, 0.2) is 106 Å². The Morgan fingerprint density at radius 3 is 1.22 bits per heavy atom. The first-order valence-electron chi connectivity index (χ1n) is 34.1. The minimum atomic E-state index is -0.461. The van der Waals surface area contributed by atoms with Crippen LogP contribution in [0.1, 0.15) is 267 Å². The zero-order valence-electron chi connectivity index (χ0n) is 62.7. The molecule has 2 saturated heterocycles. The maximum Gasteiger partial charge on any atom is 0.180 e. The van der Waals surface area contributed by atoms with Crippen molar-refractivity contribution < 1.29 is 22.9 Å². The predicted octanol–water partition coefficient (Wildman–Crippen LogP) is 23.0. The molecule has 3 fully saturated rings. The molecular weight excluding hydrogens is 1120 g/mol. The monoisotopic (exact) mass is 1260 g/mol. The van der Waals surface area contributed by atoms with Crippen LogP contribution in [0.3, 0.4) is 0 Å². The highest BCUT2D eigenvalue weighted by Gasteiger charge is 2.12. The Balaban J connectivity index is -0.0000000917. The number of thioether (sulfide) groups is 1. The zero-order chi connectivity index (χ0) is 69.2. The summed E-state index contributed by atoms with van der Waals surface area (Å²) in [5, 5.41) is 4.90. The fourth-order valence-corrected chi connectivity index (χ4v) is 8.10. The van der Waals surface area contributed by atoms with Gasteiger partial charge in [0.05, 0.1) is 23.0 Å². The summed E-state index contributed by atoms with van der Waals surface area (Å²) in [6, 6.07) is 13.7. The van der Waals surface area contributed by atoms with Crippen LogP contribution in [0.5, 0.6) is 0 Å². The van der Waals surface area contributed by atoms with Gasteiger partial charge in [-0.3, -0.25) is 29.1 Å². The Kier molecular flexibility index (Phi) is 118. The molecule has 1 aliphatic carbocycles. The Labute approximate surface area is 549 Å². The van der Waals surface area contributed by atoms with E-state index in [4.69, 9.17) is 9.47 Å². The van der Waals surface area contributed by atoms with Crippen molar-refractivity contribution in [2.24, 2.45) is 32.9 Å². The average molecular weight is 1270 g/mol. The summed E-state index contributed by atoms with van der Waals surface area (Å²) >= 11 is 1.85. The highest BCUT2D eigenvalue weighted by Crippen LogP contribution is 2.22. The van der Waals surface area contributed by atoms with Crippen LogP contribution in [0.4, 0.5) is 0 Å². The van der Waals surface area contributed by atoms with Crippen molar-refractivity contribution in [3.63, 3.8) is 0 Å². The Morgan fingerprint density at radius 1 is 0.494 bits per heavy atom. The van der Waals surface area contributed by atoms with E-state index in [1.54, 1.807) is 31.1 Å². The third-order valence-corrected chi connectivity index (χ3v) is 12.7. The van der Waals surface area contributed by atoms with E-state index < -0.39 is 10.8 Å². The molecule has 0 amide bonds. The average Bonchev–Trinajstić information content (AvgIpc) is 4.49. The lowest BCUT2D eigenvalue weighted by Gasteiger charge is -2.16. The van der Waals surface area contributed by atoms with Gasteiger partial charge in [-0.1, -0.05) is 209 Å². The molecule has 0 bridgehead atoms. The van der Waals surface area contributed by atoms with E-state index in [1.807, 2.05) is 240 Å². The molecule has 0 spiro atoms. The zero-order valence-corrected chi connectivity index (χ0v) is 64.4. The number of oxime groups is 1. The van der Waals surface area contributed by atoms with Crippen molar-refractivity contribution in [2.45, 2.75) is 272 Å². The van der Waals surface area contributed by atoms with Crippen molar-refractivity contribution in [1.82, 2.24) is 19.9 Å². The van der Waals surface area contributed by atoms with Crippen molar-refractivity contribution in [1.29, 1.82) is 0 Å². The fourth-order valence-electron chi connectivity index (χ4n) is 5.91. The molecule has 0 N–H and O–H groups in total. The summed E-state index contributed by atoms with van der Waals surface area (Å²) < 4.78 is 25.4. The summed E-state index contributed by atoms with van der Waals surface area (Å²) in [5.74, 6) is 6.69. The van der Waals surface area contributed by atoms with E-state index >= 15 is 0 Å².